The minimum absolute atomic E-state index is 0.133. The van der Waals surface area contributed by atoms with Crippen molar-refractivity contribution in [1.29, 1.82) is 0 Å². The first-order valence-electron chi connectivity index (χ1n) is 8.25. The number of nitrogens with zero attached hydrogens (tertiary/aromatic N) is 2. The van der Waals surface area contributed by atoms with Gasteiger partial charge in [0.05, 0.1) is 23.0 Å². The molecule has 8 heteroatoms. The molecule has 1 aliphatic heterocycles. The van der Waals surface area contributed by atoms with Gasteiger partial charge in [-0.15, -0.1) is 0 Å². The number of amides is 3. The molecule has 3 heterocycles. The number of thiophene rings is 1. The molecule has 0 radical (unpaired) electrons. The van der Waals surface area contributed by atoms with Gasteiger partial charge in [-0.1, -0.05) is 0 Å². The van der Waals surface area contributed by atoms with Crippen LogP contribution in [0.1, 0.15) is 30.6 Å². The first-order valence-corrected chi connectivity index (χ1v) is 9.19. The average Bonchev–Trinajstić information content (AvgIpc) is 3.11. The molecule has 136 valence electrons. The molecule has 0 bridgehead atoms. The van der Waals surface area contributed by atoms with Gasteiger partial charge in [-0.3, -0.25) is 19.4 Å². The fourth-order valence-electron chi connectivity index (χ4n) is 2.69. The predicted octanol–water partition coefficient (Wildman–Crippen LogP) is 2.27. The van der Waals surface area contributed by atoms with E-state index in [9.17, 15) is 14.4 Å². The highest BCUT2D eigenvalue weighted by molar-refractivity contribution is 7.08. The van der Waals surface area contributed by atoms with Gasteiger partial charge >= 0.3 is 0 Å². The van der Waals surface area contributed by atoms with Crippen molar-refractivity contribution in [3.8, 4) is 0 Å². The van der Waals surface area contributed by atoms with E-state index >= 15 is 0 Å². The van der Waals surface area contributed by atoms with E-state index in [0.29, 0.717) is 16.9 Å². The van der Waals surface area contributed by atoms with Gasteiger partial charge in [-0.25, -0.2) is 0 Å². The van der Waals surface area contributed by atoms with Crippen LogP contribution in [0.5, 0.6) is 0 Å². The van der Waals surface area contributed by atoms with Crippen molar-refractivity contribution in [2.45, 2.75) is 20.3 Å². The average molecular weight is 372 g/mol. The molecule has 0 aliphatic carbocycles. The number of nitrogens with one attached hydrogen (secondary N) is 2. The maximum Gasteiger partial charge on any atom is 0.252 e. The van der Waals surface area contributed by atoms with Crippen LogP contribution in [0.2, 0.25) is 0 Å². The van der Waals surface area contributed by atoms with Crippen molar-refractivity contribution in [1.82, 2.24) is 10.3 Å². The largest absolute Gasteiger partial charge is 0.351 e. The summed E-state index contributed by atoms with van der Waals surface area (Å²) >= 11 is 1.44. The number of hydrogen-bond donors (Lipinski definition) is 2. The van der Waals surface area contributed by atoms with Crippen molar-refractivity contribution in [2.75, 3.05) is 23.3 Å². The zero-order valence-corrected chi connectivity index (χ0v) is 15.4. The highest BCUT2D eigenvalue weighted by Crippen LogP contribution is 2.33. The molecule has 0 saturated heterocycles. The van der Waals surface area contributed by atoms with Crippen LogP contribution in [-0.4, -0.2) is 35.8 Å². The summed E-state index contributed by atoms with van der Waals surface area (Å²) < 4.78 is 0. The summed E-state index contributed by atoms with van der Waals surface area (Å²) in [6.07, 6.45) is 3.27. The van der Waals surface area contributed by atoms with Crippen LogP contribution in [0.25, 0.3) is 0 Å². The second-order valence-electron chi connectivity index (χ2n) is 6.73. The number of anilines is 2. The van der Waals surface area contributed by atoms with E-state index in [4.69, 9.17) is 0 Å². The summed E-state index contributed by atoms with van der Waals surface area (Å²) in [6, 6.07) is 3.41. The van der Waals surface area contributed by atoms with Crippen LogP contribution in [0.15, 0.2) is 35.3 Å². The number of hydrogen-bond acceptors (Lipinski definition) is 5. The fourth-order valence-corrected chi connectivity index (χ4v) is 3.32. The summed E-state index contributed by atoms with van der Waals surface area (Å²) in [7, 11) is 0. The van der Waals surface area contributed by atoms with Crippen LogP contribution < -0.4 is 15.5 Å². The molecule has 0 aromatic carbocycles. The molecule has 1 aliphatic rings. The van der Waals surface area contributed by atoms with Gasteiger partial charge in [0, 0.05) is 36.7 Å². The van der Waals surface area contributed by atoms with Crippen LogP contribution in [0.4, 0.5) is 11.4 Å². The lowest BCUT2D eigenvalue weighted by atomic mass is 9.92. The van der Waals surface area contributed by atoms with E-state index in [1.54, 1.807) is 48.7 Å². The predicted molar refractivity (Wildman–Crippen MR) is 100 cm³/mol. The standard InChI is InChI=1S/C18H20N4O3S/c1-18(2)11-22(14-9-19-6-3-13(14)21-17(18)25)15(23)4-7-20-16(24)12-5-8-26-10-12/h3,5-6,8-10H,4,7,11H2,1-2H3,(H,20,24)(H,21,25). The van der Waals surface area contributed by atoms with Crippen molar-refractivity contribution >= 4 is 40.4 Å². The molecule has 2 aromatic rings. The second kappa shape index (κ2) is 7.25. The lowest BCUT2D eigenvalue weighted by Crippen LogP contribution is -2.43. The molecule has 0 fully saturated rings. The van der Waals surface area contributed by atoms with Crippen LogP contribution in [-0.2, 0) is 9.59 Å². The first kappa shape index (κ1) is 18.1. The van der Waals surface area contributed by atoms with Gasteiger partial charge in [0.25, 0.3) is 5.91 Å². The third kappa shape index (κ3) is 3.75. The van der Waals surface area contributed by atoms with Gasteiger partial charge in [-0.2, -0.15) is 11.3 Å². The molecular weight excluding hydrogens is 352 g/mol. The molecule has 3 amide bonds. The van der Waals surface area contributed by atoms with E-state index in [0.717, 1.165) is 0 Å². The second-order valence-corrected chi connectivity index (χ2v) is 7.51. The quantitative estimate of drug-likeness (QED) is 0.861. The summed E-state index contributed by atoms with van der Waals surface area (Å²) in [5.41, 5.74) is 0.976. The van der Waals surface area contributed by atoms with Crippen LogP contribution in [0.3, 0.4) is 0 Å². The monoisotopic (exact) mass is 372 g/mol. The Labute approximate surface area is 155 Å². The third-order valence-electron chi connectivity index (χ3n) is 4.22. The molecule has 0 atom stereocenters. The van der Waals surface area contributed by atoms with E-state index < -0.39 is 5.41 Å². The Bertz CT molecular complexity index is 833. The maximum atomic E-state index is 12.8. The minimum atomic E-state index is -0.741. The van der Waals surface area contributed by atoms with Crippen LogP contribution >= 0.6 is 11.3 Å². The Hall–Kier alpha value is -2.74. The number of rotatable bonds is 4. The zero-order valence-electron chi connectivity index (χ0n) is 14.6. The summed E-state index contributed by atoms with van der Waals surface area (Å²) in [5, 5.41) is 9.18. The Morgan fingerprint density at radius 3 is 2.92 bits per heavy atom. The topological polar surface area (TPSA) is 91.4 Å². The molecule has 26 heavy (non-hydrogen) atoms. The highest BCUT2D eigenvalue weighted by atomic mass is 32.1. The SMILES string of the molecule is CC1(C)CN(C(=O)CCNC(=O)c2ccsc2)c2cnccc2NC1=O. The van der Waals surface area contributed by atoms with Crippen molar-refractivity contribution in [2.24, 2.45) is 5.41 Å². The molecule has 2 N–H and O–H groups in total. The van der Waals surface area contributed by atoms with E-state index in [-0.39, 0.29) is 37.2 Å². The van der Waals surface area contributed by atoms with Crippen molar-refractivity contribution in [3.63, 3.8) is 0 Å². The number of fused-ring (bicyclic) bond motifs is 1. The van der Waals surface area contributed by atoms with E-state index in [1.807, 2.05) is 5.38 Å². The molecule has 0 unspecified atom stereocenters. The first-order chi connectivity index (χ1) is 12.4. The summed E-state index contributed by atoms with van der Waals surface area (Å²) in [6.45, 7) is 4.05. The van der Waals surface area contributed by atoms with Gasteiger partial charge in [-0.05, 0) is 31.4 Å². The van der Waals surface area contributed by atoms with Crippen molar-refractivity contribution < 1.29 is 14.4 Å². The Morgan fingerprint density at radius 1 is 1.38 bits per heavy atom. The highest BCUT2D eigenvalue weighted by Gasteiger charge is 2.36. The van der Waals surface area contributed by atoms with Gasteiger partial charge < -0.3 is 15.5 Å². The Morgan fingerprint density at radius 2 is 2.19 bits per heavy atom. The lowest BCUT2D eigenvalue weighted by molar-refractivity contribution is -0.124. The van der Waals surface area contributed by atoms with Crippen molar-refractivity contribution in [3.05, 3.63) is 40.8 Å². The summed E-state index contributed by atoms with van der Waals surface area (Å²) in [4.78, 5) is 42.8. The number of pyridine rings is 1. The van der Waals surface area contributed by atoms with E-state index in [1.165, 1.54) is 11.3 Å². The zero-order chi connectivity index (χ0) is 18.7. The fraction of sp³-hybridized carbons (Fsp3) is 0.333. The molecule has 0 saturated carbocycles. The molecule has 3 rings (SSSR count). The molecule has 7 nitrogen and oxygen atoms in total. The number of carbonyl (C=O) groups is 3. The summed E-state index contributed by atoms with van der Waals surface area (Å²) in [5.74, 6) is -0.519. The Kier molecular flexibility index (Phi) is 5.03. The number of carbonyl (C=O) groups excluding carboxylic acids is 3. The normalized spacial score (nSPS) is 15.6. The molecular formula is C18H20N4O3S. The Balaban J connectivity index is 1.71. The minimum Gasteiger partial charge on any atom is -0.351 e. The lowest BCUT2D eigenvalue weighted by Gasteiger charge is -2.28. The van der Waals surface area contributed by atoms with Crippen LogP contribution in [0, 0.1) is 5.41 Å². The molecule has 0 spiro atoms. The van der Waals surface area contributed by atoms with Gasteiger partial charge in [0.1, 0.15) is 0 Å². The smallest absolute Gasteiger partial charge is 0.252 e. The molecule has 2 aromatic heterocycles. The number of aromatic nitrogens is 1. The maximum absolute atomic E-state index is 12.8. The third-order valence-corrected chi connectivity index (χ3v) is 4.90. The van der Waals surface area contributed by atoms with Gasteiger partial charge in [0.2, 0.25) is 11.8 Å². The van der Waals surface area contributed by atoms with E-state index in [2.05, 4.69) is 15.6 Å². The van der Waals surface area contributed by atoms with Gasteiger partial charge in [0.15, 0.2) is 0 Å².